The summed E-state index contributed by atoms with van der Waals surface area (Å²) >= 11 is 18.3. The zero-order valence-corrected chi connectivity index (χ0v) is 12.7. The van der Waals surface area contributed by atoms with Gasteiger partial charge in [-0.1, -0.05) is 61.1 Å². The average Bonchev–Trinajstić information content (AvgIpc) is 2.29. The van der Waals surface area contributed by atoms with E-state index in [0.29, 0.717) is 10.4 Å². The predicted molar refractivity (Wildman–Crippen MR) is 73.3 cm³/mol. The van der Waals surface area contributed by atoms with Gasteiger partial charge in [-0.15, -0.1) is 0 Å². The molecule has 1 aromatic rings. The molecule has 6 heteroatoms. The minimum Gasteiger partial charge on any atom is -0.461 e. The molecule has 0 aliphatic heterocycles. The first-order valence-corrected chi connectivity index (χ1v) is 7.16. The second kappa shape index (κ2) is 6.84. The maximum atomic E-state index is 11.6. The zero-order valence-electron chi connectivity index (χ0n) is 8.05. The Morgan fingerprint density at radius 2 is 2.12 bits per heavy atom. The summed E-state index contributed by atoms with van der Waals surface area (Å²) in [5.74, 6) is -0.474. The monoisotopic (exact) mass is 388 g/mol. The van der Waals surface area contributed by atoms with Gasteiger partial charge in [0.05, 0.1) is 20.4 Å². The molecule has 1 rings (SSSR count). The summed E-state index contributed by atoms with van der Waals surface area (Å²) in [7, 11) is 0. The summed E-state index contributed by atoms with van der Waals surface area (Å²) in [5, 5.41) is 1.26. The van der Waals surface area contributed by atoms with E-state index in [9.17, 15) is 4.79 Å². The Balaban J connectivity index is 2.70. The zero-order chi connectivity index (χ0) is 12.1. The number of esters is 1. The molecule has 0 radical (unpaired) electrons. The van der Waals surface area contributed by atoms with Crippen molar-refractivity contribution < 1.29 is 9.53 Å². The fraction of sp³-hybridized carbons (Fsp3) is 0.300. The van der Waals surface area contributed by atoms with Gasteiger partial charge in [0, 0.05) is 5.33 Å². The summed E-state index contributed by atoms with van der Waals surface area (Å²) in [6.45, 7) is 0.271. The molecule has 0 bridgehead atoms. The molecule has 2 nitrogen and oxygen atoms in total. The Bertz CT molecular complexity index is 385. The first-order chi connectivity index (χ1) is 7.56. The van der Waals surface area contributed by atoms with E-state index < -0.39 is 5.97 Å². The third-order valence-electron chi connectivity index (χ3n) is 1.73. The van der Waals surface area contributed by atoms with Crippen molar-refractivity contribution in [3.63, 3.8) is 0 Å². The maximum Gasteiger partial charge on any atom is 0.339 e. The van der Waals surface area contributed by atoms with E-state index >= 15 is 0 Å². The molecule has 0 saturated carbocycles. The number of alkyl halides is 2. The molecule has 0 aromatic heterocycles. The van der Waals surface area contributed by atoms with Crippen LogP contribution in [-0.2, 0) is 4.74 Å². The van der Waals surface area contributed by atoms with Gasteiger partial charge in [0.15, 0.2) is 0 Å². The molecule has 0 amide bonds. The third kappa shape index (κ3) is 3.91. The molecule has 0 fully saturated rings. The number of carbonyl (C=O) groups excluding carboxylic acids is 1. The Morgan fingerprint density at radius 3 is 2.75 bits per heavy atom. The average molecular weight is 391 g/mol. The highest BCUT2D eigenvalue weighted by molar-refractivity contribution is 9.12. The number of hydrogen-bond donors (Lipinski definition) is 0. The van der Waals surface area contributed by atoms with Crippen LogP contribution in [0.5, 0.6) is 0 Å². The largest absolute Gasteiger partial charge is 0.461 e. The molecule has 0 aliphatic carbocycles. The minimum absolute atomic E-state index is 0.0782. The van der Waals surface area contributed by atoms with Crippen LogP contribution in [0.15, 0.2) is 18.2 Å². The summed E-state index contributed by atoms with van der Waals surface area (Å²) in [6, 6.07) is 4.85. The van der Waals surface area contributed by atoms with Crippen molar-refractivity contribution in [1.29, 1.82) is 0 Å². The van der Waals surface area contributed by atoms with Gasteiger partial charge < -0.3 is 4.74 Å². The van der Waals surface area contributed by atoms with Crippen LogP contribution < -0.4 is 0 Å². The molecule has 88 valence electrons. The Kier molecular flexibility index (Phi) is 6.11. The van der Waals surface area contributed by atoms with Crippen molar-refractivity contribution in [2.24, 2.45) is 0 Å². The lowest BCUT2D eigenvalue weighted by atomic mass is 10.2. The standard InChI is InChI=1S/C10H8Br2Cl2O2/c11-4-6(12)5-16-10(15)7-2-1-3-8(13)9(7)14/h1-3,6H,4-5H2. The predicted octanol–water partition coefficient (Wildman–Crippen LogP) is 4.31. The van der Waals surface area contributed by atoms with Gasteiger partial charge >= 0.3 is 5.97 Å². The van der Waals surface area contributed by atoms with Crippen LogP contribution in [0.4, 0.5) is 0 Å². The van der Waals surface area contributed by atoms with Gasteiger partial charge in [-0.2, -0.15) is 0 Å². The highest BCUT2D eigenvalue weighted by atomic mass is 79.9. The van der Waals surface area contributed by atoms with E-state index in [1.165, 1.54) is 0 Å². The second-order valence-corrected chi connectivity index (χ2v) is 5.68. The molecule has 0 spiro atoms. The summed E-state index contributed by atoms with van der Waals surface area (Å²) in [4.78, 5) is 11.7. The first-order valence-electron chi connectivity index (χ1n) is 4.37. The van der Waals surface area contributed by atoms with Crippen molar-refractivity contribution in [2.75, 3.05) is 11.9 Å². The number of hydrogen-bond acceptors (Lipinski definition) is 2. The van der Waals surface area contributed by atoms with E-state index in [1.807, 2.05) is 0 Å². The van der Waals surface area contributed by atoms with Crippen LogP contribution >= 0.6 is 55.1 Å². The van der Waals surface area contributed by atoms with Crippen molar-refractivity contribution in [1.82, 2.24) is 0 Å². The quantitative estimate of drug-likeness (QED) is 0.565. The summed E-state index contributed by atoms with van der Waals surface area (Å²) in [5.41, 5.74) is 0.281. The number of carbonyl (C=O) groups is 1. The van der Waals surface area contributed by atoms with Gasteiger partial charge in [0.25, 0.3) is 0 Å². The smallest absolute Gasteiger partial charge is 0.339 e. The van der Waals surface area contributed by atoms with Crippen molar-refractivity contribution >= 4 is 61.0 Å². The van der Waals surface area contributed by atoms with Crippen LogP contribution in [0.25, 0.3) is 0 Å². The van der Waals surface area contributed by atoms with Gasteiger partial charge in [-0.05, 0) is 12.1 Å². The summed E-state index contributed by atoms with van der Waals surface area (Å²) < 4.78 is 5.06. The third-order valence-corrected chi connectivity index (χ3v) is 4.79. The fourth-order valence-electron chi connectivity index (χ4n) is 0.950. The van der Waals surface area contributed by atoms with Crippen LogP contribution in [0, 0.1) is 0 Å². The number of rotatable bonds is 4. The topological polar surface area (TPSA) is 26.3 Å². The lowest BCUT2D eigenvalue weighted by Crippen LogP contribution is -2.15. The van der Waals surface area contributed by atoms with Gasteiger partial charge in [0.1, 0.15) is 6.61 Å². The molecule has 0 N–H and O–H groups in total. The lowest BCUT2D eigenvalue weighted by molar-refractivity contribution is 0.0513. The second-order valence-electron chi connectivity index (χ2n) is 2.95. The molecular formula is C10H8Br2Cl2O2. The molecule has 1 aromatic carbocycles. The van der Waals surface area contributed by atoms with Crippen LogP contribution in [-0.4, -0.2) is 22.7 Å². The molecule has 0 saturated heterocycles. The Hall–Kier alpha value is 0.230. The molecular weight excluding hydrogens is 383 g/mol. The van der Waals surface area contributed by atoms with Crippen LogP contribution in [0.3, 0.4) is 0 Å². The Labute approximate surface area is 121 Å². The minimum atomic E-state index is -0.474. The van der Waals surface area contributed by atoms with E-state index in [-0.39, 0.29) is 22.0 Å². The molecule has 16 heavy (non-hydrogen) atoms. The maximum absolute atomic E-state index is 11.6. The molecule has 0 heterocycles. The fourth-order valence-corrected chi connectivity index (χ4v) is 1.65. The molecule has 1 atom stereocenters. The Morgan fingerprint density at radius 1 is 1.44 bits per heavy atom. The van der Waals surface area contributed by atoms with E-state index in [2.05, 4.69) is 31.9 Å². The van der Waals surface area contributed by atoms with Crippen molar-refractivity contribution in [3.8, 4) is 0 Å². The lowest BCUT2D eigenvalue weighted by Gasteiger charge is -2.09. The number of ether oxygens (including phenoxy) is 1. The van der Waals surface area contributed by atoms with E-state index in [4.69, 9.17) is 27.9 Å². The van der Waals surface area contributed by atoms with Crippen molar-refractivity contribution in [3.05, 3.63) is 33.8 Å². The number of benzene rings is 1. The SMILES string of the molecule is O=C(OCC(Br)CBr)c1cccc(Cl)c1Cl. The summed E-state index contributed by atoms with van der Waals surface area (Å²) in [6.07, 6.45) is 0. The van der Waals surface area contributed by atoms with Gasteiger partial charge in [-0.3, -0.25) is 0 Å². The van der Waals surface area contributed by atoms with Gasteiger partial charge in [-0.25, -0.2) is 4.79 Å². The first kappa shape index (κ1) is 14.3. The highest BCUT2D eigenvalue weighted by Crippen LogP contribution is 2.26. The van der Waals surface area contributed by atoms with Gasteiger partial charge in [0.2, 0.25) is 0 Å². The van der Waals surface area contributed by atoms with E-state index in [0.717, 1.165) is 0 Å². The van der Waals surface area contributed by atoms with Crippen LogP contribution in [0.2, 0.25) is 10.0 Å². The number of halogens is 4. The van der Waals surface area contributed by atoms with E-state index in [1.54, 1.807) is 18.2 Å². The normalized spacial score (nSPS) is 12.2. The van der Waals surface area contributed by atoms with Crippen LogP contribution in [0.1, 0.15) is 10.4 Å². The molecule has 1 unspecified atom stereocenters. The van der Waals surface area contributed by atoms with Crippen molar-refractivity contribution in [2.45, 2.75) is 4.83 Å². The highest BCUT2D eigenvalue weighted by Gasteiger charge is 2.15. The molecule has 0 aliphatic rings.